The summed E-state index contributed by atoms with van der Waals surface area (Å²) in [5, 5.41) is 2.78. The van der Waals surface area contributed by atoms with Crippen LogP contribution < -0.4 is 11.1 Å². The van der Waals surface area contributed by atoms with Gasteiger partial charge in [0.15, 0.2) is 0 Å². The Kier molecular flexibility index (Phi) is 5.29. The molecule has 0 heterocycles. The minimum Gasteiger partial charge on any atom is -0.367 e. The molecule has 2 aromatic rings. The van der Waals surface area contributed by atoms with Crippen LogP contribution in [0.1, 0.15) is 11.1 Å². The average Bonchev–Trinajstić information content (AvgIpc) is 2.48. The number of ether oxygens (including phenoxy) is 1. The maximum Gasteiger partial charge on any atom is 0.250 e. The summed E-state index contributed by atoms with van der Waals surface area (Å²) in [6.45, 7) is 0.910. The maximum absolute atomic E-state index is 11.7. The molecule has 0 saturated carbocycles. The first kappa shape index (κ1) is 14.2. The topological polar surface area (TPSA) is 64.3 Å². The standard InChI is InChI=1S/C16H18N2O2/c17-10-14-7-4-8-15(9-14)18-16(19)12-20-11-13-5-2-1-3-6-13/h1-9H,10-12,17H2,(H,18,19). The van der Waals surface area contributed by atoms with Gasteiger partial charge in [0.25, 0.3) is 0 Å². The summed E-state index contributed by atoms with van der Waals surface area (Å²) in [4.78, 5) is 11.7. The molecule has 0 aliphatic rings. The second-order valence-electron chi connectivity index (χ2n) is 4.43. The predicted molar refractivity (Wildman–Crippen MR) is 79.1 cm³/mol. The van der Waals surface area contributed by atoms with E-state index in [4.69, 9.17) is 10.5 Å². The Morgan fingerprint density at radius 1 is 1.05 bits per heavy atom. The van der Waals surface area contributed by atoms with Crippen LogP contribution in [-0.4, -0.2) is 12.5 Å². The van der Waals surface area contributed by atoms with Gasteiger partial charge in [0.1, 0.15) is 6.61 Å². The number of amides is 1. The zero-order valence-corrected chi connectivity index (χ0v) is 11.2. The Balaban J connectivity index is 1.77. The largest absolute Gasteiger partial charge is 0.367 e. The smallest absolute Gasteiger partial charge is 0.250 e. The summed E-state index contributed by atoms with van der Waals surface area (Å²) < 4.78 is 5.37. The van der Waals surface area contributed by atoms with Gasteiger partial charge in [-0.05, 0) is 23.3 Å². The Bertz CT molecular complexity index is 555. The third-order valence-electron chi connectivity index (χ3n) is 2.79. The first-order valence-corrected chi connectivity index (χ1v) is 6.48. The van der Waals surface area contributed by atoms with E-state index in [1.807, 2.05) is 54.6 Å². The van der Waals surface area contributed by atoms with E-state index < -0.39 is 0 Å². The van der Waals surface area contributed by atoms with Crippen molar-refractivity contribution in [3.05, 3.63) is 65.7 Å². The van der Waals surface area contributed by atoms with E-state index in [0.717, 1.165) is 16.8 Å². The number of carbonyl (C=O) groups excluding carboxylic acids is 1. The molecule has 20 heavy (non-hydrogen) atoms. The highest BCUT2D eigenvalue weighted by Gasteiger charge is 2.03. The lowest BCUT2D eigenvalue weighted by molar-refractivity contribution is -0.121. The molecule has 0 aromatic heterocycles. The number of carbonyl (C=O) groups is 1. The Labute approximate surface area is 118 Å². The third-order valence-corrected chi connectivity index (χ3v) is 2.79. The fourth-order valence-electron chi connectivity index (χ4n) is 1.81. The molecule has 4 heteroatoms. The van der Waals surface area contributed by atoms with Gasteiger partial charge in [0, 0.05) is 12.2 Å². The molecule has 0 radical (unpaired) electrons. The number of nitrogens with one attached hydrogen (secondary N) is 1. The monoisotopic (exact) mass is 270 g/mol. The van der Waals surface area contributed by atoms with E-state index in [9.17, 15) is 4.79 Å². The molecule has 1 amide bonds. The normalized spacial score (nSPS) is 10.2. The lowest BCUT2D eigenvalue weighted by Crippen LogP contribution is -2.18. The molecular formula is C16H18N2O2. The van der Waals surface area contributed by atoms with E-state index in [2.05, 4.69) is 5.32 Å². The van der Waals surface area contributed by atoms with Gasteiger partial charge in [-0.25, -0.2) is 0 Å². The van der Waals surface area contributed by atoms with Gasteiger partial charge in [-0.3, -0.25) is 4.79 Å². The summed E-state index contributed by atoms with van der Waals surface area (Å²) >= 11 is 0. The highest BCUT2D eigenvalue weighted by Crippen LogP contribution is 2.10. The number of hydrogen-bond donors (Lipinski definition) is 2. The number of anilines is 1. The number of rotatable bonds is 6. The quantitative estimate of drug-likeness (QED) is 0.846. The summed E-state index contributed by atoms with van der Waals surface area (Å²) in [5.74, 6) is -0.171. The second-order valence-corrected chi connectivity index (χ2v) is 4.43. The molecule has 0 aliphatic heterocycles. The Morgan fingerprint density at radius 2 is 1.80 bits per heavy atom. The van der Waals surface area contributed by atoms with Crippen LogP contribution >= 0.6 is 0 Å². The van der Waals surface area contributed by atoms with E-state index in [-0.39, 0.29) is 12.5 Å². The van der Waals surface area contributed by atoms with Crippen LogP contribution in [0.3, 0.4) is 0 Å². The van der Waals surface area contributed by atoms with Gasteiger partial charge in [0.05, 0.1) is 6.61 Å². The number of nitrogens with two attached hydrogens (primary N) is 1. The Morgan fingerprint density at radius 3 is 2.55 bits per heavy atom. The van der Waals surface area contributed by atoms with Crippen LogP contribution in [0.2, 0.25) is 0 Å². The molecule has 3 N–H and O–H groups in total. The van der Waals surface area contributed by atoms with Crippen molar-refractivity contribution in [3.8, 4) is 0 Å². The minimum atomic E-state index is -0.171. The van der Waals surface area contributed by atoms with Crippen molar-refractivity contribution in [1.82, 2.24) is 0 Å². The van der Waals surface area contributed by atoms with Gasteiger partial charge in [-0.1, -0.05) is 42.5 Å². The molecular weight excluding hydrogens is 252 g/mol. The van der Waals surface area contributed by atoms with E-state index >= 15 is 0 Å². The van der Waals surface area contributed by atoms with Crippen molar-refractivity contribution >= 4 is 11.6 Å². The van der Waals surface area contributed by atoms with Crippen LogP contribution in [0.4, 0.5) is 5.69 Å². The van der Waals surface area contributed by atoms with Crippen molar-refractivity contribution in [3.63, 3.8) is 0 Å². The minimum absolute atomic E-state index is 0.0295. The lowest BCUT2D eigenvalue weighted by Gasteiger charge is -2.07. The molecule has 0 fully saturated rings. The zero-order valence-electron chi connectivity index (χ0n) is 11.2. The molecule has 0 bridgehead atoms. The molecule has 4 nitrogen and oxygen atoms in total. The van der Waals surface area contributed by atoms with E-state index in [0.29, 0.717) is 13.2 Å². The average molecular weight is 270 g/mol. The molecule has 2 rings (SSSR count). The molecule has 0 unspecified atom stereocenters. The zero-order chi connectivity index (χ0) is 14.2. The SMILES string of the molecule is NCc1cccc(NC(=O)COCc2ccccc2)c1. The van der Waals surface area contributed by atoms with Crippen LogP contribution in [0.5, 0.6) is 0 Å². The third kappa shape index (κ3) is 4.50. The van der Waals surface area contributed by atoms with Crippen molar-refractivity contribution in [2.45, 2.75) is 13.2 Å². The first-order chi connectivity index (χ1) is 9.78. The van der Waals surface area contributed by atoms with E-state index in [1.54, 1.807) is 0 Å². The lowest BCUT2D eigenvalue weighted by atomic mass is 10.2. The summed E-state index contributed by atoms with van der Waals surface area (Å²) in [6.07, 6.45) is 0. The fraction of sp³-hybridized carbons (Fsp3) is 0.188. The van der Waals surface area contributed by atoms with Crippen molar-refractivity contribution in [2.24, 2.45) is 5.73 Å². The van der Waals surface area contributed by atoms with Crippen LogP contribution in [0.15, 0.2) is 54.6 Å². The van der Waals surface area contributed by atoms with Gasteiger partial charge in [-0.15, -0.1) is 0 Å². The highest BCUT2D eigenvalue weighted by atomic mass is 16.5. The molecule has 0 atom stereocenters. The van der Waals surface area contributed by atoms with E-state index in [1.165, 1.54) is 0 Å². The van der Waals surface area contributed by atoms with Gasteiger partial charge in [0.2, 0.25) is 5.91 Å². The maximum atomic E-state index is 11.7. The van der Waals surface area contributed by atoms with Crippen molar-refractivity contribution in [1.29, 1.82) is 0 Å². The number of benzene rings is 2. The van der Waals surface area contributed by atoms with Gasteiger partial charge in [-0.2, -0.15) is 0 Å². The Hall–Kier alpha value is -2.17. The van der Waals surface area contributed by atoms with Gasteiger partial charge < -0.3 is 15.8 Å². The summed E-state index contributed by atoms with van der Waals surface area (Å²) in [7, 11) is 0. The number of hydrogen-bond acceptors (Lipinski definition) is 3. The van der Waals surface area contributed by atoms with Crippen LogP contribution in [-0.2, 0) is 22.7 Å². The van der Waals surface area contributed by atoms with Crippen molar-refractivity contribution < 1.29 is 9.53 Å². The summed E-state index contributed by atoms with van der Waals surface area (Å²) in [5.41, 5.74) is 8.32. The fourth-order valence-corrected chi connectivity index (χ4v) is 1.81. The van der Waals surface area contributed by atoms with Crippen LogP contribution in [0, 0.1) is 0 Å². The molecule has 104 valence electrons. The molecule has 0 spiro atoms. The van der Waals surface area contributed by atoms with Gasteiger partial charge >= 0.3 is 0 Å². The molecule has 0 saturated heterocycles. The highest BCUT2D eigenvalue weighted by molar-refractivity contribution is 5.91. The molecule has 0 aliphatic carbocycles. The molecule has 2 aromatic carbocycles. The van der Waals surface area contributed by atoms with Crippen LogP contribution in [0.25, 0.3) is 0 Å². The first-order valence-electron chi connectivity index (χ1n) is 6.48. The summed E-state index contributed by atoms with van der Waals surface area (Å²) in [6, 6.07) is 17.2. The second kappa shape index (κ2) is 7.43. The predicted octanol–water partition coefficient (Wildman–Crippen LogP) is 2.30. The van der Waals surface area contributed by atoms with Crippen molar-refractivity contribution in [2.75, 3.05) is 11.9 Å².